The molecule has 6 nitrogen and oxygen atoms in total. The highest BCUT2D eigenvalue weighted by molar-refractivity contribution is 5.98. The van der Waals surface area contributed by atoms with Gasteiger partial charge in [-0.05, 0) is 29.3 Å². The number of amides is 2. The first-order chi connectivity index (χ1) is 13.1. The van der Waals surface area contributed by atoms with Gasteiger partial charge < -0.3 is 10.2 Å². The molecule has 2 heterocycles. The van der Waals surface area contributed by atoms with Crippen LogP contribution in [0.5, 0.6) is 0 Å². The van der Waals surface area contributed by atoms with Crippen molar-refractivity contribution in [2.24, 2.45) is 0 Å². The van der Waals surface area contributed by atoms with E-state index in [-0.39, 0.29) is 17.5 Å². The Hall–Kier alpha value is -3.54. The van der Waals surface area contributed by atoms with Crippen LogP contribution < -0.4 is 5.32 Å². The van der Waals surface area contributed by atoms with E-state index in [2.05, 4.69) is 15.3 Å². The van der Waals surface area contributed by atoms with E-state index in [0.717, 1.165) is 11.1 Å². The second-order valence-electron chi connectivity index (χ2n) is 6.12. The van der Waals surface area contributed by atoms with Gasteiger partial charge in [-0.15, -0.1) is 0 Å². The van der Waals surface area contributed by atoms with Crippen molar-refractivity contribution in [2.45, 2.75) is 13.1 Å². The minimum atomic E-state index is -0.334. The van der Waals surface area contributed by atoms with Crippen LogP contribution in [-0.4, -0.2) is 33.7 Å². The number of hydrogen-bond acceptors (Lipinski definition) is 4. The molecule has 0 fully saturated rings. The Morgan fingerprint density at radius 2 is 1.78 bits per heavy atom. The Labute approximate surface area is 157 Å². The maximum Gasteiger partial charge on any atom is 0.270 e. The van der Waals surface area contributed by atoms with Crippen LogP contribution in [0, 0.1) is 0 Å². The maximum atomic E-state index is 12.7. The Bertz CT molecular complexity index is 914. The summed E-state index contributed by atoms with van der Waals surface area (Å²) in [6.07, 6.45) is 4.84. The Morgan fingerprint density at radius 1 is 1.00 bits per heavy atom. The predicted molar refractivity (Wildman–Crippen MR) is 102 cm³/mol. The van der Waals surface area contributed by atoms with E-state index >= 15 is 0 Å². The van der Waals surface area contributed by atoms with Crippen LogP contribution in [0.2, 0.25) is 0 Å². The quantitative estimate of drug-likeness (QED) is 0.733. The molecule has 2 aromatic heterocycles. The van der Waals surface area contributed by atoms with Crippen LogP contribution in [-0.2, 0) is 13.1 Å². The fourth-order valence-corrected chi connectivity index (χ4v) is 2.61. The second kappa shape index (κ2) is 8.71. The standard InChI is InChI=1S/C21H20N4O2/c1-25(15-16-6-3-2-4-7-16)21(27)18-9-11-23-19(12-18)20(26)24-14-17-8-5-10-22-13-17/h2-13H,14-15H2,1H3,(H,24,26). The molecule has 1 aromatic carbocycles. The monoisotopic (exact) mass is 360 g/mol. The molecule has 0 saturated carbocycles. The fraction of sp³-hybridized carbons (Fsp3) is 0.143. The van der Waals surface area contributed by atoms with Crippen LogP contribution in [0.25, 0.3) is 0 Å². The van der Waals surface area contributed by atoms with Gasteiger partial charge >= 0.3 is 0 Å². The molecule has 3 aromatic rings. The molecule has 0 aliphatic rings. The lowest BCUT2D eigenvalue weighted by Gasteiger charge is -2.17. The Morgan fingerprint density at radius 3 is 2.52 bits per heavy atom. The number of pyridine rings is 2. The summed E-state index contributed by atoms with van der Waals surface area (Å²) in [7, 11) is 1.73. The van der Waals surface area contributed by atoms with Crippen LogP contribution in [0.4, 0.5) is 0 Å². The maximum absolute atomic E-state index is 12.7. The summed E-state index contributed by atoms with van der Waals surface area (Å²) in [5.74, 6) is -0.498. The summed E-state index contributed by atoms with van der Waals surface area (Å²) in [6, 6.07) is 16.5. The van der Waals surface area contributed by atoms with Gasteiger partial charge in [0.05, 0.1) is 0 Å². The highest BCUT2D eigenvalue weighted by Crippen LogP contribution is 2.09. The highest BCUT2D eigenvalue weighted by atomic mass is 16.2. The van der Waals surface area contributed by atoms with Crippen molar-refractivity contribution < 1.29 is 9.59 Å². The van der Waals surface area contributed by atoms with E-state index in [1.807, 2.05) is 42.5 Å². The molecule has 3 rings (SSSR count). The Kier molecular flexibility index (Phi) is 5.89. The van der Waals surface area contributed by atoms with Gasteiger partial charge in [0, 0.05) is 44.3 Å². The average Bonchev–Trinajstić information content (AvgIpc) is 2.73. The summed E-state index contributed by atoms with van der Waals surface area (Å²) < 4.78 is 0. The summed E-state index contributed by atoms with van der Waals surface area (Å²) in [5, 5.41) is 2.78. The average molecular weight is 360 g/mol. The van der Waals surface area contributed by atoms with E-state index in [1.54, 1.807) is 30.4 Å². The number of hydrogen-bond donors (Lipinski definition) is 1. The lowest BCUT2D eigenvalue weighted by atomic mass is 10.1. The number of aromatic nitrogens is 2. The number of benzene rings is 1. The third kappa shape index (κ3) is 4.98. The smallest absolute Gasteiger partial charge is 0.270 e. The first-order valence-corrected chi connectivity index (χ1v) is 8.56. The van der Waals surface area contributed by atoms with Crippen LogP contribution in [0.1, 0.15) is 32.0 Å². The molecule has 0 bridgehead atoms. The van der Waals surface area contributed by atoms with Crippen LogP contribution in [0.3, 0.4) is 0 Å². The number of carbonyl (C=O) groups is 2. The van der Waals surface area contributed by atoms with E-state index in [1.165, 1.54) is 12.3 Å². The van der Waals surface area contributed by atoms with Crippen molar-refractivity contribution in [2.75, 3.05) is 7.05 Å². The van der Waals surface area contributed by atoms with Crippen molar-refractivity contribution in [1.29, 1.82) is 0 Å². The first kappa shape index (κ1) is 18.3. The molecule has 0 unspecified atom stereocenters. The van der Waals surface area contributed by atoms with Crippen molar-refractivity contribution in [3.05, 3.63) is 95.6 Å². The predicted octanol–water partition coefficient (Wildman–Crippen LogP) is 2.68. The highest BCUT2D eigenvalue weighted by Gasteiger charge is 2.15. The minimum Gasteiger partial charge on any atom is -0.347 e. The van der Waals surface area contributed by atoms with E-state index in [4.69, 9.17) is 0 Å². The van der Waals surface area contributed by atoms with Gasteiger partial charge in [0.1, 0.15) is 5.69 Å². The second-order valence-corrected chi connectivity index (χ2v) is 6.12. The summed E-state index contributed by atoms with van der Waals surface area (Å²) in [4.78, 5) is 34.7. The first-order valence-electron chi connectivity index (χ1n) is 8.56. The Balaban J connectivity index is 1.65. The van der Waals surface area contributed by atoms with Gasteiger partial charge in [-0.2, -0.15) is 0 Å². The van der Waals surface area contributed by atoms with Gasteiger partial charge in [-0.3, -0.25) is 19.6 Å². The number of nitrogens with one attached hydrogen (secondary N) is 1. The largest absolute Gasteiger partial charge is 0.347 e. The molecule has 1 N–H and O–H groups in total. The normalized spacial score (nSPS) is 10.3. The minimum absolute atomic E-state index is 0.164. The van der Waals surface area contributed by atoms with E-state index in [9.17, 15) is 9.59 Å². The molecule has 0 aliphatic carbocycles. The van der Waals surface area contributed by atoms with Gasteiger partial charge in [-0.25, -0.2) is 0 Å². The number of rotatable bonds is 6. The third-order valence-corrected chi connectivity index (χ3v) is 4.02. The van der Waals surface area contributed by atoms with Crippen molar-refractivity contribution in [1.82, 2.24) is 20.2 Å². The fourth-order valence-electron chi connectivity index (χ4n) is 2.61. The van der Waals surface area contributed by atoms with Gasteiger partial charge in [0.2, 0.25) is 0 Å². The SMILES string of the molecule is CN(Cc1ccccc1)C(=O)c1ccnc(C(=O)NCc2cccnc2)c1. The topological polar surface area (TPSA) is 75.2 Å². The lowest BCUT2D eigenvalue weighted by molar-refractivity contribution is 0.0785. The van der Waals surface area contributed by atoms with Crippen molar-refractivity contribution in [3.63, 3.8) is 0 Å². The molecule has 2 amide bonds. The third-order valence-electron chi connectivity index (χ3n) is 4.02. The zero-order chi connectivity index (χ0) is 19.1. The zero-order valence-electron chi connectivity index (χ0n) is 15.0. The van der Waals surface area contributed by atoms with Gasteiger partial charge in [-0.1, -0.05) is 36.4 Å². The van der Waals surface area contributed by atoms with Crippen molar-refractivity contribution in [3.8, 4) is 0 Å². The molecule has 0 aliphatic heterocycles. The molecule has 0 atom stereocenters. The van der Waals surface area contributed by atoms with Crippen molar-refractivity contribution >= 4 is 11.8 Å². The molecule has 136 valence electrons. The molecule has 0 spiro atoms. The lowest BCUT2D eigenvalue weighted by Crippen LogP contribution is -2.27. The van der Waals surface area contributed by atoms with Gasteiger partial charge in [0.25, 0.3) is 11.8 Å². The molecular formula is C21H20N4O2. The van der Waals surface area contributed by atoms with E-state index < -0.39 is 0 Å². The number of carbonyl (C=O) groups excluding carboxylic acids is 2. The summed E-state index contributed by atoms with van der Waals surface area (Å²) in [5.41, 5.74) is 2.56. The van der Waals surface area contributed by atoms with E-state index in [0.29, 0.717) is 18.7 Å². The molecule has 6 heteroatoms. The summed E-state index contributed by atoms with van der Waals surface area (Å²) in [6.45, 7) is 0.838. The van der Waals surface area contributed by atoms with Crippen LogP contribution in [0.15, 0.2) is 73.2 Å². The van der Waals surface area contributed by atoms with Gasteiger partial charge in [0.15, 0.2) is 0 Å². The van der Waals surface area contributed by atoms with Crippen LogP contribution >= 0.6 is 0 Å². The molecule has 27 heavy (non-hydrogen) atoms. The molecule has 0 saturated heterocycles. The zero-order valence-corrected chi connectivity index (χ0v) is 15.0. The number of nitrogens with zero attached hydrogens (tertiary/aromatic N) is 3. The molecular weight excluding hydrogens is 340 g/mol. The molecule has 0 radical (unpaired) electrons. The summed E-state index contributed by atoms with van der Waals surface area (Å²) >= 11 is 0.